The lowest BCUT2D eigenvalue weighted by Gasteiger charge is -2.27. The van der Waals surface area contributed by atoms with Crippen LogP contribution in [0.5, 0.6) is 17.2 Å². The minimum absolute atomic E-state index is 0.117. The van der Waals surface area contributed by atoms with E-state index < -0.39 is 0 Å². The van der Waals surface area contributed by atoms with Crippen molar-refractivity contribution in [2.45, 2.75) is 25.7 Å². The van der Waals surface area contributed by atoms with Crippen LogP contribution in [0.15, 0.2) is 18.2 Å². The normalized spacial score (nSPS) is 17.2. The second-order valence-corrected chi connectivity index (χ2v) is 5.19. The Kier molecular flexibility index (Phi) is 4.53. The maximum absolute atomic E-state index is 6.00. The van der Waals surface area contributed by atoms with Crippen molar-refractivity contribution in [3.63, 3.8) is 0 Å². The number of hydrogen-bond acceptors (Lipinski definition) is 4. The van der Waals surface area contributed by atoms with Crippen molar-refractivity contribution >= 4 is 0 Å². The van der Waals surface area contributed by atoms with Gasteiger partial charge >= 0.3 is 0 Å². The van der Waals surface area contributed by atoms with E-state index in [1.165, 1.54) is 12.8 Å². The quantitative estimate of drug-likeness (QED) is 0.859. The molecule has 2 rings (SSSR count). The van der Waals surface area contributed by atoms with E-state index in [4.69, 9.17) is 19.9 Å². The highest BCUT2D eigenvalue weighted by Gasteiger charge is 2.33. The zero-order valence-corrected chi connectivity index (χ0v) is 11.8. The van der Waals surface area contributed by atoms with Crippen LogP contribution in [0, 0.1) is 5.41 Å². The molecule has 2 N–H and O–H groups in total. The van der Waals surface area contributed by atoms with E-state index in [0.29, 0.717) is 30.4 Å². The number of benzene rings is 1. The minimum Gasteiger partial charge on any atom is -0.493 e. The van der Waals surface area contributed by atoms with E-state index in [2.05, 4.69) is 0 Å². The molecule has 0 bridgehead atoms. The highest BCUT2D eigenvalue weighted by atomic mass is 16.5. The van der Waals surface area contributed by atoms with E-state index in [1.54, 1.807) is 14.2 Å². The zero-order valence-electron chi connectivity index (χ0n) is 11.8. The van der Waals surface area contributed by atoms with Gasteiger partial charge < -0.3 is 19.9 Å². The predicted molar refractivity (Wildman–Crippen MR) is 75.0 cm³/mol. The van der Waals surface area contributed by atoms with Gasteiger partial charge in [0.15, 0.2) is 11.5 Å². The fourth-order valence-electron chi connectivity index (χ4n) is 2.72. The summed E-state index contributed by atoms with van der Waals surface area (Å²) in [5, 5.41) is 0. The number of nitrogens with two attached hydrogens (primary N) is 1. The van der Waals surface area contributed by atoms with Gasteiger partial charge in [0, 0.05) is 12.0 Å². The first kappa shape index (κ1) is 14.0. The first-order valence-electron chi connectivity index (χ1n) is 6.78. The first-order chi connectivity index (χ1) is 9.24. The van der Waals surface area contributed by atoms with Crippen molar-refractivity contribution < 1.29 is 14.2 Å². The fraction of sp³-hybridized carbons (Fsp3) is 0.600. The Balaban J connectivity index is 2.14. The Morgan fingerprint density at radius 3 is 2.16 bits per heavy atom. The Bertz CT molecular complexity index is 392. The number of ether oxygens (including phenoxy) is 3. The van der Waals surface area contributed by atoms with E-state index in [0.717, 1.165) is 12.8 Å². The maximum atomic E-state index is 6.00. The molecule has 4 nitrogen and oxygen atoms in total. The molecule has 0 amide bonds. The Morgan fingerprint density at radius 1 is 1.11 bits per heavy atom. The minimum atomic E-state index is 0.117. The number of para-hydroxylation sites is 1. The van der Waals surface area contributed by atoms with Crippen LogP contribution >= 0.6 is 0 Å². The van der Waals surface area contributed by atoms with Crippen LogP contribution in [-0.2, 0) is 0 Å². The van der Waals surface area contributed by atoms with Crippen molar-refractivity contribution in [1.29, 1.82) is 0 Å². The maximum Gasteiger partial charge on any atom is 0.203 e. The largest absolute Gasteiger partial charge is 0.493 e. The van der Waals surface area contributed by atoms with Gasteiger partial charge in [-0.1, -0.05) is 18.9 Å². The van der Waals surface area contributed by atoms with Crippen LogP contribution in [0.3, 0.4) is 0 Å². The van der Waals surface area contributed by atoms with Crippen LogP contribution in [0.4, 0.5) is 0 Å². The van der Waals surface area contributed by atoms with Gasteiger partial charge in [0.05, 0.1) is 20.8 Å². The topological polar surface area (TPSA) is 53.7 Å². The molecule has 0 aromatic heterocycles. The third kappa shape index (κ3) is 2.95. The van der Waals surface area contributed by atoms with Crippen LogP contribution in [0.1, 0.15) is 25.7 Å². The smallest absolute Gasteiger partial charge is 0.203 e. The molecule has 0 atom stereocenters. The monoisotopic (exact) mass is 265 g/mol. The highest BCUT2D eigenvalue weighted by molar-refractivity contribution is 5.51. The number of hydrogen-bond donors (Lipinski definition) is 1. The summed E-state index contributed by atoms with van der Waals surface area (Å²) < 4.78 is 16.7. The number of rotatable bonds is 6. The van der Waals surface area contributed by atoms with E-state index in [9.17, 15) is 0 Å². The van der Waals surface area contributed by atoms with Gasteiger partial charge in [0.25, 0.3) is 0 Å². The number of methoxy groups -OCH3 is 2. The molecular weight excluding hydrogens is 242 g/mol. The van der Waals surface area contributed by atoms with Crippen LogP contribution < -0.4 is 19.9 Å². The summed E-state index contributed by atoms with van der Waals surface area (Å²) in [6.07, 6.45) is 4.76. The van der Waals surface area contributed by atoms with Gasteiger partial charge in [-0.05, 0) is 25.0 Å². The molecule has 19 heavy (non-hydrogen) atoms. The molecule has 0 spiro atoms. The van der Waals surface area contributed by atoms with E-state index >= 15 is 0 Å². The SMILES string of the molecule is COc1cccc(OC)c1OCC1(CN)CCCC1. The summed E-state index contributed by atoms with van der Waals surface area (Å²) in [6, 6.07) is 5.64. The molecule has 0 unspecified atom stereocenters. The molecule has 0 radical (unpaired) electrons. The van der Waals surface area contributed by atoms with Gasteiger partial charge in [0.1, 0.15) is 0 Å². The fourth-order valence-corrected chi connectivity index (χ4v) is 2.72. The standard InChI is InChI=1S/C15H23NO3/c1-17-12-6-5-7-13(18-2)14(12)19-11-15(10-16)8-3-4-9-15/h5-7H,3-4,8-11,16H2,1-2H3. The molecule has 1 aliphatic carbocycles. The van der Waals surface area contributed by atoms with Crippen LogP contribution in [-0.4, -0.2) is 27.4 Å². The molecule has 4 heteroatoms. The average Bonchev–Trinajstić information content (AvgIpc) is 2.94. The van der Waals surface area contributed by atoms with Crippen molar-refractivity contribution in [3.05, 3.63) is 18.2 Å². The molecule has 1 aromatic carbocycles. The highest BCUT2D eigenvalue weighted by Crippen LogP contribution is 2.41. The molecule has 0 saturated heterocycles. The molecule has 0 aliphatic heterocycles. The second-order valence-electron chi connectivity index (χ2n) is 5.19. The Morgan fingerprint density at radius 2 is 1.68 bits per heavy atom. The van der Waals surface area contributed by atoms with Gasteiger partial charge in [-0.3, -0.25) is 0 Å². The molecule has 0 heterocycles. The molecule has 1 aromatic rings. The summed E-state index contributed by atoms with van der Waals surface area (Å²) in [5.41, 5.74) is 6.05. The Hall–Kier alpha value is -1.42. The summed E-state index contributed by atoms with van der Waals surface area (Å²) in [7, 11) is 3.27. The van der Waals surface area contributed by atoms with Crippen molar-refractivity contribution in [3.8, 4) is 17.2 Å². The molecule has 1 fully saturated rings. The van der Waals surface area contributed by atoms with Crippen molar-refractivity contribution in [2.24, 2.45) is 11.1 Å². The van der Waals surface area contributed by atoms with Gasteiger partial charge in [-0.2, -0.15) is 0 Å². The van der Waals surface area contributed by atoms with Gasteiger partial charge in [-0.25, -0.2) is 0 Å². The molecule has 106 valence electrons. The lowest BCUT2D eigenvalue weighted by atomic mass is 9.87. The third-order valence-corrected chi connectivity index (χ3v) is 4.00. The molecule has 1 saturated carbocycles. The van der Waals surface area contributed by atoms with E-state index in [1.807, 2.05) is 18.2 Å². The molecule has 1 aliphatic rings. The second kappa shape index (κ2) is 6.15. The average molecular weight is 265 g/mol. The van der Waals surface area contributed by atoms with E-state index in [-0.39, 0.29) is 5.41 Å². The van der Waals surface area contributed by atoms with Gasteiger partial charge in [-0.15, -0.1) is 0 Å². The Labute approximate surface area is 114 Å². The molecular formula is C15H23NO3. The predicted octanol–water partition coefficient (Wildman–Crippen LogP) is 2.60. The van der Waals surface area contributed by atoms with Crippen LogP contribution in [0.25, 0.3) is 0 Å². The summed E-state index contributed by atoms with van der Waals surface area (Å²) in [6.45, 7) is 1.30. The third-order valence-electron chi connectivity index (χ3n) is 4.00. The van der Waals surface area contributed by atoms with Crippen molar-refractivity contribution in [2.75, 3.05) is 27.4 Å². The lowest BCUT2D eigenvalue weighted by Crippen LogP contribution is -2.33. The summed E-state index contributed by atoms with van der Waals surface area (Å²) >= 11 is 0. The van der Waals surface area contributed by atoms with Crippen LogP contribution in [0.2, 0.25) is 0 Å². The zero-order chi connectivity index (χ0) is 13.7. The van der Waals surface area contributed by atoms with Crippen molar-refractivity contribution in [1.82, 2.24) is 0 Å². The lowest BCUT2D eigenvalue weighted by molar-refractivity contribution is 0.148. The first-order valence-corrected chi connectivity index (χ1v) is 6.78. The summed E-state index contributed by atoms with van der Waals surface area (Å²) in [4.78, 5) is 0. The summed E-state index contributed by atoms with van der Waals surface area (Å²) in [5.74, 6) is 2.07. The van der Waals surface area contributed by atoms with Gasteiger partial charge in [0.2, 0.25) is 5.75 Å².